The van der Waals surface area contributed by atoms with Crippen molar-refractivity contribution in [3.8, 4) is 11.8 Å². The number of pyridine rings is 2. The molecule has 1 N–H and O–H groups in total. The molecule has 1 aliphatic carbocycles. The zero-order chi connectivity index (χ0) is 22.9. The average Bonchev–Trinajstić information content (AvgIpc) is 3.57. The predicted octanol–water partition coefficient (Wildman–Crippen LogP) is 2.24. The van der Waals surface area contributed by atoms with Crippen molar-refractivity contribution in [3.05, 3.63) is 58.4 Å². The maximum absolute atomic E-state index is 13.3. The van der Waals surface area contributed by atoms with E-state index in [2.05, 4.69) is 32.0 Å². The highest BCUT2D eigenvalue weighted by Crippen LogP contribution is 2.34. The number of morpholine rings is 1. The van der Waals surface area contributed by atoms with E-state index in [4.69, 9.17) is 4.74 Å². The number of halogens is 1. The van der Waals surface area contributed by atoms with Gasteiger partial charge in [-0.15, -0.1) is 0 Å². The lowest BCUT2D eigenvalue weighted by molar-refractivity contribution is -0.122. The highest BCUT2D eigenvalue weighted by molar-refractivity contribution is 5.85. The fraction of sp³-hybridized carbons (Fsp3) is 0.400. The zero-order valence-corrected chi connectivity index (χ0v) is 18.8. The lowest BCUT2D eigenvalue weighted by atomic mass is 9.98. The summed E-state index contributed by atoms with van der Waals surface area (Å²) in [6, 6.07) is 3.95. The topological polar surface area (TPSA) is 70.6 Å². The van der Waals surface area contributed by atoms with E-state index in [1.165, 1.54) is 0 Å². The summed E-state index contributed by atoms with van der Waals surface area (Å²) in [4.78, 5) is 25.5. The van der Waals surface area contributed by atoms with Crippen molar-refractivity contribution in [2.45, 2.75) is 26.1 Å². The van der Waals surface area contributed by atoms with Gasteiger partial charge in [0.15, 0.2) is 0 Å². The Morgan fingerprint density at radius 3 is 2.70 bits per heavy atom. The lowest BCUT2D eigenvalue weighted by Crippen LogP contribution is -2.36. The summed E-state index contributed by atoms with van der Waals surface area (Å²) in [5.41, 5.74) is 5.42. The molecule has 8 heteroatoms. The molecule has 5 rings (SSSR count). The molecule has 7 nitrogen and oxygen atoms in total. The molecule has 2 aromatic heterocycles. The Kier molecular flexibility index (Phi) is 5.73. The van der Waals surface area contributed by atoms with Crippen LogP contribution in [0.5, 0.6) is 0 Å². The number of alkyl halides is 1. The number of rotatable bonds is 3. The number of carbonyl (C=O) groups is 1. The number of nitrogens with zero attached hydrogens (tertiary/aromatic N) is 4. The van der Waals surface area contributed by atoms with Crippen molar-refractivity contribution < 1.29 is 13.9 Å². The molecular weight excluding hydrogens is 421 g/mol. The number of hydrogen-bond donors (Lipinski definition) is 1. The van der Waals surface area contributed by atoms with Gasteiger partial charge in [0.2, 0.25) is 5.91 Å². The van der Waals surface area contributed by atoms with Gasteiger partial charge in [-0.3, -0.25) is 9.78 Å². The highest BCUT2D eigenvalue weighted by Gasteiger charge is 2.44. The quantitative estimate of drug-likeness (QED) is 0.728. The van der Waals surface area contributed by atoms with Crippen LogP contribution in [0.2, 0.25) is 0 Å². The number of hydrogen-bond acceptors (Lipinski definition) is 6. The first-order valence-corrected chi connectivity index (χ1v) is 11.2. The summed E-state index contributed by atoms with van der Waals surface area (Å²) in [5, 5.41) is 2.87. The molecule has 4 heterocycles. The van der Waals surface area contributed by atoms with E-state index in [0.717, 1.165) is 54.4 Å². The second-order valence-electron chi connectivity index (χ2n) is 8.63. The van der Waals surface area contributed by atoms with Crippen LogP contribution in [0.4, 0.5) is 10.1 Å². The van der Waals surface area contributed by atoms with E-state index >= 15 is 0 Å². The molecule has 2 atom stereocenters. The smallest absolute Gasteiger partial charge is 0.231 e. The van der Waals surface area contributed by atoms with Gasteiger partial charge in [0.05, 0.1) is 36.6 Å². The maximum Gasteiger partial charge on any atom is 0.231 e. The molecule has 2 fully saturated rings. The summed E-state index contributed by atoms with van der Waals surface area (Å²) < 4.78 is 18.7. The molecule has 0 aromatic carbocycles. The van der Waals surface area contributed by atoms with Gasteiger partial charge in [0.1, 0.15) is 17.7 Å². The number of amides is 1. The Hall–Kier alpha value is -3.44. The first kappa shape index (κ1) is 21.4. The fourth-order valence-electron chi connectivity index (χ4n) is 4.09. The Bertz CT molecular complexity index is 1160. The third-order valence-corrected chi connectivity index (χ3v) is 6.28. The van der Waals surface area contributed by atoms with Gasteiger partial charge >= 0.3 is 0 Å². The molecule has 0 radical (unpaired) electrons. The lowest BCUT2D eigenvalue weighted by Gasteiger charge is -2.29. The van der Waals surface area contributed by atoms with Crippen LogP contribution < -0.4 is 10.2 Å². The van der Waals surface area contributed by atoms with Crippen molar-refractivity contribution >= 4 is 17.7 Å². The molecule has 0 spiro atoms. The third-order valence-electron chi connectivity index (χ3n) is 6.28. The fourth-order valence-corrected chi connectivity index (χ4v) is 4.09. The number of carbonyl (C=O) groups excluding carboxylic acids is 1. The third kappa shape index (κ3) is 4.55. The molecular formula is C25H26FN5O2. The van der Waals surface area contributed by atoms with Gasteiger partial charge in [-0.2, -0.15) is 0 Å². The van der Waals surface area contributed by atoms with E-state index in [0.29, 0.717) is 24.5 Å². The van der Waals surface area contributed by atoms with Crippen LogP contribution in [-0.2, 0) is 16.1 Å². The molecule has 3 aliphatic rings. The summed E-state index contributed by atoms with van der Waals surface area (Å²) >= 11 is 0. The van der Waals surface area contributed by atoms with Crippen LogP contribution in [0, 0.1) is 24.7 Å². The van der Waals surface area contributed by atoms with Crippen LogP contribution in [0.15, 0.2) is 30.3 Å². The van der Waals surface area contributed by atoms with Crippen LogP contribution in [0.1, 0.15) is 34.5 Å². The van der Waals surface area contributed by atoms with Crippen molar-refractivity contribution in [1.29, 1.82) is 0 Å². The molecule has 2 aromatic rings. The van der Waals surface area contributed by atoms with Crippen LogP contribution in [0.3, 0.4) is 0 Å². The van der Waals surface area contributed by atoms with Gasteiger partial charge in [0.25, 0.3) is 0 Å². The van der Waals surface area contributed by atoms with E-state index in [-0.39, 0.29) is 5.91 Å². The van der Waals surface area contributed by atoms with Gasteiger partial charge in [-0.25, -0.2) is 9.37 Å². The van der Waals surface area contributed by atoms with E-state index in [1.54, 1.807) is 6.20 Å². The molecule has 2 aliphatic heterocycles. The Balaban J connectivity index is 1.39. The average molecular weight is 448 g/mol. The number of fused-ring (bicyclic) bond motifs is 1. The SMILES string of the molecule is Cc1ncc(C#Cc2ccc(N3CCOCC3)cn2)c2c1CN(C)C(NC(=O)[C@@H]1C[C@H]1F)=C2. The van der Waals surface area contributed by atoms with E-state index in [9.17, 15) is 9.18 Å². The molecule has 1 saturated heterocycles. The first-order chi connectivity index (χ1) is 16.0. The summed E-state index contributed by atoms with van der Waals surface area (Å²) in [5.74, 6) is 6.18. The normalized spacial score (nSPS) is 21.5. The molecule has 170 valence electrons. The van der Waals surface area contributed by atoms with Crippen LogP contribution >= 0.6 is 0 Å². The predicted molar refractivity (Wildman–Crippen MR) is 123 cm³/mol. The van der Waals surface area contributed by atoms with Gasteiger partial charge in [-0.05, 0) is 37.5 Å². The van der Waals surface area contributed by atoms with Crippen molar-refractivity contribution in [3.63, 3.8) is 0 Å². The van der Waals surface area contributed by atoms with Crippen molar-refractivity contribution in [2.24, 2.45) is 5.92 Å². The van der Waals surface area contributed by atoms with Gasteiger partial charge in [-0.1, -0.05) is 5.92 Å². The number of anilines is 1. The molecule has 1 saturated carbocycles. The minimum Gasteiger partial charge on any atom is -0.378 e. The standard InChI is InChI=1S/C25H26FN5O2/c1-16-22-15-30(2)24(29-25(32)21-11-23(21)26)12-20(22)17(13-27-16)3-4-18-5-6-19(14-28-18)31-7-9-33-10-8-31/h5-6,12-14,21,23H,7-11,15H2,1-2H3,(H,29,32)/t21-,23-/m1/s1. The number of ether oxygens (including phenoxy) is 1. The molecule has 0 bridgehead atoms. The summed E-state index contributed by atoms with van der Waals surface area (Å²) in [7, 11) is 1.90. The number of aryl methyl sites for hydroxylation is 1. The summed E-state index contributed by atoms with van der Waals surface area (Å²) in [6.45, 7) is 5.73. The van der Waals surface area contributed by atoms with Gasteiger partial charge < -0.3 is 19.9 Å². The van der Waals surface area contributed by atoms with Crippen molar-refractivity contribution in [2.75, 3.05) is 38.3 Å². The zero-order valence-electron chi connectivity index (χ0n) is 18.8. The van der Waals surface area contributed by atoms with Crippen LogP contribution in [-0.4, -0.2) is 60.3 Å². The van der Waals surface area contributed by atoms with Crippen LogP contribution in [0.25, 0.3) is 6.08 Å². The van der Waals surface area contributed by atoms with E-state index in [1.807, 2.05) is 43.3 Å². The molecule has 33 heavy (non-hydrogen) atoms. The monoisotopic (exact) mass is 447 g/mol. The molecule has 1 amide bonds. The van der Waals surface area contributed by atoms with Gasteiger partial charge in [0, 0.05) is 49.7 Å². The Morgan fingerprint density at radius 2 is 2.00 bits per heavy atom. The molecule has 0 unspecified atom stereocenters. The van der Waals surface area contributed by atoms with Crippen molar-refractivity contribution in [1.82, 2.24) is 20.2 Å². The number of nitrogens with one attached hydrogen (secondary N) is 1. The second kappa shape index (κ2) is 8.83. The highest BCUT2D eigenvalue weighted by atomic mass is 19.1. The first-order valence-electron chi connectivity index (χ1n) is 11.2. The minimum absolute atomic E-state index is 0.271. The van der Waals surface area contributed by atoms with E-state index < -0.39 is 12.1 Å². The number of aromatic nitrogens is 2. The summed E-state index contributed by atoms with van der Waals surface area (Å²) in [6.07, 6.45) is 4.78. The second-order valence-corrected chi connectivity index (χ2v) is 8.63. The minimum atomic E-state index is -1.03. The maximum atomic E-state index is 13.3. The largest absolute Gasteiger partial charge is 0.378 e. The Morgan fingerprint density at radius 1 is 1.21 bits per heavy atom. The Labute approximate surface area is 192 Å².